The molecule has 0 saturated carbocycles. The molecule has 5 heteroatoms. The zero-order valence-corrected chi connectivity index (χ0v) is 19.2. The van der Waals surface area contributed by atoms with E-state index in [1.54, 1.807) is 0 Å². The molecule has 0 spiro atoms. The predicted octanol–water partition coefficient (Wildman–Crippen LogP) is 1.20. The molecule has 0 radical (unpaired) electrons. The van der Waals surface area contributed by atoms with Crippen molar-refractivity contribution in [3.8, 4) is 11.1 Å². The summed E-state index contributed by atoms with van der Waals surface area (Å²) in [6, 6.07) is 21.4. The van der Waals surface area contributed by atoms with Crippen LogP contribution in [0.4, 0.5) is 17.1 Å². The molecule has 0 fully saturated rings. The summed E-state index contributed by atoms with van der Waals surface area (Å²) < 4.78 is 2.29. The van der Waals surface area contributed by atoms with Crippen molar-refractivity contribution in [1.82, 2.24) is 0 Å². The first-order valence-corrected chi connectivity index (χ1v) is 9.47. The molecule has 0 aliphatic carbocycles. The molecule has 4 rings (SSSR count). The van der Waals surface area contributed by atoms with Crippen LogP contribution < -0.4 is 37.1 Å². The number of halogens is 1. The lowest BCUT2D eigenvalue weighted by Crippen LogP contribution is -3.00. The third kappa shape index (κ3) is 3.51. The fourth-order valence-electron chi connectivity index (χ4n) is 3.86. The van der Waals surface area contributed by atoms with Crippen LogP contribution in [0, 0.1) is 0 Å². The van der Waals surface area contributed by atoms with E-state index in [-0.39, 0.29) is 17.0 Å². The molecule has 1 heterocycles. The van der Waals surface area contributed by atoms with Crippen LogP contribution in [0.2, 0.25) is 0 Å². The van der Waals surface area contributed by atoms with Crippen LogP contribution in [0.3, 0.4) is 0 Å². The van der Waals surface area contributed by atoms with Gasteiger partial charge in [0.15, 0.2) is 0 Å². The van der Waals surface area contributed by atoms with E-state index in [2.05, 4.69) is 98.1 Å². The van der Waals surface area contributed by atoms with Crippen LogP contribution in [-0.2, 0) is 7.05 Å². The van der Waals surface area contributed by atoms with Gasteiger partial charge >= 0.3 is 0 Å². The zero-order valence-electron chi connectivity index (χ0n) is 17.6. The molecule has 4 nitrogen and oxygen atoms in total. The summed E-state index contributed by atoms with van der Waals surface area (Å²) in [6.07, 6.45) is 0. The van der Waals surface area contributed by atoms with Crippen molar-refractivity contribution in [3.05, 3.63) is 60.7 Å². The number of aromatic nitrogens is 1. The van der Waals surface area contributed by atoms with Crippen LogP contribution in [0.1, 0.15) is 0 Å². The van der Waals surface area contributed by atoms with E-state index in [0.717, 1.165) is 11.3 Å². The summed E-state index contributed by atoms with van der Waals surface area (Å²) >= 11 is 0. The second-order valence-electron chi connectivity index (χ2n) is 7.71. The molecule has 0 unspecified atom stereocenters. The number of pyridine rings is 1. The highest BCUT2D eigenvalue weighted by atomic mass is 79.9. The van der Waals surface area contributed by atoms with E-state index < -0.39 is 0 Å². The van der Waals surface area contributed by atoms with Crippen LogP contribution >= 0.6 is 0 Å². The van der Waals surface area contributed by atoms with E-state index >= 15 is 0 Å². The first kappa shape index (κ1) is 20.9. The van der Waals surface area contributed by atoms with Gasteiger partial charge in [0.05, 0.1) is 10.8 Å². The molecule has 0 bridgehead atoms. The molecular formula is C24H27BrN4. The number of nitrogens with two attached hydrogens (primary N) is 1. The lowest BCUT2D eigenvalue weighted by Gasteiger charge is -2.17. The van der Waals surface area contributed by atoms with Gasteiger partial charge < -0.3 is 32.5 Å². The lowest BCUT2D eigenvalue weighted by atomic mass is 9.94. The maximum atomic E-state index is 6.41. The number of nitrogens with zero attached hydrogens (tertiary/aromatic N) is 3. The Bertz CT molecular complexity index is 1130. The average Bonchev–Trinajstić information content (AvgIpc) is 2.68. The molecule has 0 atom stereocenters. The highest BCUT2D eigenvalue weighted by molar-refractivity contribution is 6.10. The van der Waals surface area contributed by atoms with E-state index in [1.165, 1.54) is 38.7 Å². The fraction of sp³-hybridized carbons (Fsp3) is 0.208. The van der Waals surface area contributed by atoms with Crippen molar-refractivity contribution in [3.63, 3.8) is 0 Å². The Labute approximate surface area is 182 Å². The van der Waals surface area contributed by atoms with Crippen molar-refractivity contribution >= 4 is 38.9 Å². The molecule has 0 saturated heterocycles. The standard InChI is InChI=1S/C24H26N4.BrH/c1-26(2)16-10-12-19-22(14-16)28(5)23-15-17(27(3)4)11-13-20(23)24(19)18-8-6-7-9-21(18)25;/h6-15,25H,1-5H3;1H. The van der Waals surface area contributed by atoms with Crippen LogP contribution in [0.15, 0.2) is 60.7 Å². The fourth-order valence-corrected chi connectivity index (χ4v) is 3.86. The van der Waals surface area contributed by atoms with Crippen molar-refractivity contribution in [2.45, 2.75) is 0 Å². The monoisotopic (exact) mass is 450 g/mol. The number of fused-ring (bicyclic) bond motifs is 2. The van der Waals surface area contributed by atoms with Gasteiger partial charge in [-0.15, -0.1) is 0 Å². The Kier molecular flexibility index (Phi) is 5.71. The summed E-state index contributed by atoms with van der Waals surface area (Å²) in [7, 11) is 10.4. The van der Waals surface area contributed by atoms with Gasteiger partial charge in [-0.3, -0.25) is 0 Å². The minimum Gasteiger partial charge on any atom is -1.00 e. The smallest absolute Gasteiger partial charge is 0.215 e. The molecule has 3 aromatic carbocycles. The second-order valence-corrected chi connectivity index (χ2v) is 7.71. The molecule has 0 amide bonds. The maximum Gasteiger partial charge on any atom is 0.215 e. The first-order chi connectivity index (χ1) is 13.4. The number of rotatable bonds is 3. The highest BCUT2D eigenvalue weighted by Gasteiger charge is 2.21. The van der Waals surface area contributed by atoms with Gasteiger partial charge in [-0.1, -0.05) is 18.2 Å². The third-order valence-electron chi connectivity index (χ3n) is 5.49. The van der Waals surface area contributed by atoms with E-state index in [9.17, 15) is 0 Å². The van der Waals surface area contributed by atoms with Crippen molar-refractivity contribution in [1.29, 1.82) is 0 Å². The normalized spacial score (nSPS) is 10.8. The highest BCUT2D eigenvalue weighted by Crippen LogP contribution is 2.38. The Morgan fingerprint density at radius 2 is 1.21 bits per heavy atom. The SMILES string of the molecule is CN(C)c1ccc2c(-c3ccccc3N)c3ccc(N(C)C)cc3[n+](C)c2c1.[Br-]. The Hall–Kier alpha value is -2.79. The molecule has 4 aromatic rings. The summed E-state index contributed by atoms with van der Waals surface area (Å²) in [5.74, 6) is 0. The number of aryl methyl sites for hydroxylation is 1. The van der Waals surface area contributed by atoms with Gasteiger partial charge in [0, 0.05) is 68.5 Å². The number of benzene rings is 3. The van der Waals surface area contributed by atoms with Crippen LogP contribution in [0.25, 0.3) is 32.9 Å². The van der Waals surface area contributed by atoms with Gasteiger partial charge in [0.25, 0.3) is 0 Å². The molecule has 150 valence electrons. The number of hydrogen-bond donors (Lipinski definition) is 1. The summed E-state index contributed by atoms with van der Waals surface area (Å²) in [5, 5.41) is 2.41. The average molecular weight is 451 g/mol. The summed E-state index contributed by atoms with van der Waals surface area (Å²) in [5.41, 5.74) is 14.2. The molecule has 0 aliphatic rings. The first-order valence-electron chi connectivity index (χ1n) is 9.47. The molecule has 29 heavy (non-hydrogen) atoms. The largest absolute Gasteiger partial charge is 1.00 e. The molecule has 1 aromatic heterocycles. The number of para-hydroxylation sites is 1. The van der Waals surface area contributed by atoms with E-state index in [1.807, 2.05) is 12.1 Å². The zero-order chi connectivity index (χ0) is 20.0. The van der Waals surface area contributed by atoms with Gasteiger partial charge in [0.2, 0.25) is 11.0 Å². The quantitative estimate of drug-likeness (QED) is 0.289. The number of anilines is 3. The van der Waals surface area contributed by atoms with E-state index in [0.29, 0.717) is 0 Å². The third-order valence-corrected chi connectivity index (χ3v) is 5.49. The summed E-state index contributed by atoms with van der Waals surface area (Å²) in [4.78, 5) is 4.27. The second kappa shape index (κ2) is 7.91. The predicted molar refractivity (Wildman–Crippen MR) is 121 cm³/mol. The minimum absolute atomic E-state index is 0. The lowest BCUT2D eigenvalue weighted by molar-refractivity contribution is -0.617. The van der Waals surface area contributed by atoms with Crippen LogP contribution in [0.5, 0.6) is 0 Å². The molecular weight excluding hydrogens is 424 g/mol. The van der Waals surface area contributed by atoms with Gasteiger partial charge in [-0.05, 0) is 30.3 Å². The summed E-state index contributed by atoms with van der Waals surface area (Å²) in [6.45, 7) is 0. The Morgan fingerprint density at radius 3 is 1.66 bits per heavy atom. The topological polar surface area (TPSA) is 36.4 Å². The number of hydrogen-bond acceptors (Lipinski definition) is 3. The van der Waals surface area contributed by atoms with E-state index in [4.69, 9.17) is 5.73 Å². The molecule has 0 aliphatic heterocycles. The Balaban J connectivity index is 0.00000240. The minimum atomic E-state index is 0. The van der Waals surface area contributed by atoms with Gasteiger partial charge in [0.1, 0.15) is 7.05 Å². The van der Waals surface area contributed by atoms with Crippen molar-refractivity contribution in [2.24, 2.45) is 7.05 Å². The van der Waals surface area contributed by atoms with Crippen molar-refractivity contribution < 1.29 is 21.5 Å². The van der Waals surface area contributed by atoms with Gasteiger partial charge in [-0.25, -0.2) is 0 Å². The maximum absolute atomic E-state index is 6.41. The van der Waals surface area contributed by atoms with Crippen LogP contribution in [-0.4, -0.2) is 28.2 Å². The molecule has 2 N–H and O–H groups in total. The number of nitrogen functional groups attached to an aromatic ring is 1. The van der Waals surface area contributed by atoms with Crippen molar-refractivity contribution in [2.75, 3.05) is 43.7 Å². The Morgan fingerprint density at radius 1 is 0.724 bits per heavy atom. The van der Waals surface area contributed by atoms with Gasteiger partial charge in [-0.2, -0.15) is 4.57 Å².